The minimum absolute atomic E-state index is 0.0874. The topological polar surface area (TPSA) is 78.9 Å². The SMILES string of the molecule is CC/C=C\C/C=C\C/C=C\C/C=C\C/C=C\CCCC(=O)OCC(COC(=O)CCCCCCCCCCCCCCCCCCC)OC(=O)CCCCCCCCCCCCCCCCCCC. The molecule has 0 aromatic rings. The molecule has 0 bridgehead atoms. The van der Waals surface area contributed by atoms with E-state index in [0.29, 0.717) is 19.3 Å². The van der Waals surface area contributed by atoms with Gasteiger partial charge < -0.3 is 14.2 Å². The lowest BCUT2D eigenvalue weighted by atomic mass is 10.0. The molecule has 0 amide bonds. The molecule has 0 aliphatic heterocycles. The number of unbranched alkanes of at least 4 members (excludes halogenated alkanes) is 33. The van der Waals surface area contributed by atoms with Crippen LogP contribution in [0.2, 0.25) is 0 Å². The smallest absolute Gasteiger partial charge is 0.306 e. The standard InChI is InChI=1S/C63H112O6/c1-4-7-10-13-16-19-22-25-28-31-34-37-40-43-46-49-52-55-61(64)67-58-60(69-63(66)57-54-51-48-45-42-39-36-33-30-27-24-21-18-15-12-9-6-3)59-68-62(65)56-53-50-47-44-41-38-35-32-29-26-23-20-17-14-11-8-5-2/h7,10,16,19,25,28,34,37,43,46,60H,4-6,8-9,11-15,17-18,20-24,26-27,29-33,35-36,38-42,44-45,47-59H2,1-3H3/b10-7-,19-16-,28-25-,37-34-,46-43-. The Labute approximate surface area is 428 Å². The van der Waals surface area contributed by atoms with E-state index in [4.69, 9.17) is 14.2 Å². The molecule has 0 N–H and O–H groups in total. The van der Waals surface area contributed by atoms with Crippen LogP contribution in [-0.4, -0.2) is 37.2 Å². The van der Waals surface area contributed by atoms with E-state index >= 15 is 0 Å². The average Bonchev–Trinajstić information content (AvgIpc) is 3.35. The van der Waals surface area contributed by atoms with Crippen LogP contribution in [0.5, 0.6) is 0 Å². The fourth-order valence-corrected chi connectivity index (χ4v) is 8.60. The van der Waals surface area contributed by atoms with Crippen molar-refractivity contribution in [1.82, 2.24) is 0 Å². The Morgan fingerprint density at radius 2 is 0.565 bits per heavy atom. The molecule has 1 atom stereocenters. The zero-order valence-corrected chi connectivity index (χ0v) is 45.8. The Bertz CT molecular complexity index is 1250. The number of carbonyl (C=O) groups is 3. The second-order valence-corrected chi connectivity index (χ2v) is 19.9. The van der Waals surface area contributed by atoms with Crippen molar-refractivity contribution in [2.75, 3.05) is 13.2 Å². The van der Waals surface area contributed by atoms with Crippen LogP contribution in [0.25, 0.3) is 0 Å². The first kappa shape index (κ1) is 66.1. The molecule has 0 aromatic carbocycles. The van der Waals surface area contributed by atoms with Crippen LogP contribution in [0, 0.1) is 0 Å². The molecule has 0 rings (SSSR count). The van der Waals surface area contributed by atoms with Gasteiger partial charge in [-0.25, -0.2) is 0 Å². The zero-order valence-electron chi connectivity index (χ0n) is 45.8. The summed E-state index contributed by atoms with van der Waals surface area (Å²) in [4.78, 5) is 38.2. The lowest BCUT2D eigenvalue weighted by Gasteiger charge is -2.18. The highest BCUT2D eigenvalue weighted by molar-refractivity contribution is 5.71. The Hall–Kier alpha value is -2.89. The first-order chi connectivity index (χ1) is 34.0. The van der Waals surface area contributed by atoms with Gasteiger partial charge in [0.2, 0.25) is 0 Å². The lowest BCUT2D eigenvalue weighted by molar-refractivity contribution is -0.167. The summed E-state index contributed by atoms with van der Waals surface area (Å²) in [6.07, 6.45) is 72.2. The molecule has 0 aliphatic rings. The van der Waals surface area contributed by atoms with E-state index in [0.717, 1.165) is 77.0 Å². The molecular weight excluding hydrogens is 853 g/mol. The van der Waals surface area contributed by atoms with Crippen molar-refractivity contribution < 1.29 is 28.6 Å². The zero-order chi connectivity index (χ0) is 50.0. The molecule has 0 fully saturated rings. The van der Waals surface area contributed by atoms with Crippen molar-refractivity contribution in [2.45, 2.75) is 309 Å². The van der Waals surface area contributed by atoms with E-state index in [1.807, 2.05) is 0 Å². The lowest BCUT2D eigenvalue weighted by Crippen LogP contribution is -2.30. The van der Waals surface area contributed by atoms with Gasteiger partial charge >= 0.3 is 17.9 Å². The van der Waals surface area contributed by atoms with Gasteiger partial charge in [-0.1, -0.05) is 287 Å². The molecule has 400 valence electrons. The molecule has 0 spiro atoms. The summed E-state index contributed by atoms with van der Waals surface area (Å²) >= 11 is 0. The fraction of sp³-hybridized carbons (Fsp3) is 0.794. The molecular formula is C63H112O6. The first-order valence-electron chi connectivity index (χ1n) is 29.8. The quantitative estimate of drug-likeness (QED) is 0.0262. The monoisotopic (exact) mass is 965 g/mol. The van der Waals surface area contributed by atoms with Crippen molar-refractivity contribution in [3.63, 3.8) is 0 Å². The van der Waals surface area contributed by atoms with E-state index in [9.17, 15) is 14.4 Å². The van der Waals surface area contributed by atoms with Gasteiger partial charge in [-0.15, -0.1) is 0 Å². The van der Waals surface area contributed by atoms with Crippen molar-refractivity contribution in [1.29, 1.82) is 0 Å². The second kappa shape index (κ2) is 57.7. The van der Waals surface area contributed by atoms with Crippen molar-refractivity contribution in [3.05, 3.63) is 60.8 Å². The predicted molar refractivity (Wildman–Crippen MR) is 298 cm³/mol. The van der Waals surface area contributed by atoms with Crippen LogP contribution >= 0.6 is 0 Å². The molecule has 0 radical (unpaired) electrons. The predicted octanol–water partition coefficient (Wildman–Crippen LogP) is 20.0. The number of carbonyl (C=O) groups excluding carboxylic acids is 3. The van der Waals surface area contributed by atoms with Crippen molar-refractivity contribution in [2.24, 2.45) is 0 Å². The Kier molecular flexibility index (Phi) is 55.3. The highest BCUT2D eigenvalue weighted by Crippen LogP contribution is 2.17. The van der Waals surface area contributed by atoms with Gasteiger partial charge in [-0.2, -0.15) is 0 Å². The molecule has 6 heteroatoms. The molecule has 0 saturated carbocycles. The Balaban J connectivity index is 4.42. The number of allylic oxidation sites excluding steroid dienone is 10. The highest BCUT2D eigenvalue weighted by atomic mass is 16.6. The highest BCUT2D eigenvalue weighted by Gasteiger charge is 2.19. The van der Waals surface area contributed by atoms with Crippen LogP contribution in [0.3, 0.4) is 0 Å². The van der Waals surface area contributed by atoms with Crippen LogP contribution in [0.1, 0.15) is 303 Å². The molecule has 0 saturated heterocycles. The van der Waals surface area contributed by atoms with Gasteiger partial charge in [0.15, 0.2) is 6.10 Å². The number of esters is 3. The van der Waals surface area contributed by atoms with Crippen LogP contribution in [-0.2, 0) is 28.6 Å². The van der Waals surface area contributed by atoms with E-state index in [2.05, 4.69) is 81.5 Å². The number of rotatable bonds is 54. The van der Waals surface area contributed by atoms with Gasteiger partial charge in [0.1, 0.15) is 13.2 Å². The number of hydrogen-bond donors (Lipinski definition) is 0. The van der Waals surface area contributed by atoms with E-state index in [-0.39, 0.29) is 37.5 Å². The molecule has 0 aromatic heterocycles. The summed E-state index contributed by atoms with van der Waals surface area (Å²) in [5.41, 5.74) is 0. The second-order valence-electron chi connectivity index (χ2n) is 19.9. The maximum atomic E-state index is 12.9. The van der Waals surface area contributed by atoms with E-state index < -0.39 is 6.10 Å². The summed E-state index contributed by atoms with van der Waals surface area (Å²) in [6.45, 7) is 6.52. The number of hydrogen-bond acceptors (Lipinski definition) is 6. The third-order valence-electron chi connectivity index (χ3n) is 13.0. The average molecular weight is 966 g/mol. The van der Waals surface area contributed by atoms with Crippen LogP contribution < -0.4 is 0 Å². The summed E-state index contributed by atoms with van der Waals surface area (Å²) < 4.78 is 16.9. The summed E-state index contributed by atoms with van der Waals surface area (Å²) in [5.74, 6) is -0.931. The van der Waals surface area contributed by atoms with Crippen LogP contribution in [0.4, 0.5) is 0 Å². The normalized spacial score (nSPS) is 12.4. The van der Waals surface area contributed by atoms with Gasteiger partial charge in [0, 0.05) is 19.3 Å². The molecule has 6 nitrogen and oxygen atoms in total. The third-order valence-corrected chi connectivity index (χ3v) is 13.0. The summed E-state index contributed by atoms with van der Waals surface area (Å²) in [7, 11) is 0. The summed E-state index contributed by atoms with van der Waals surface area (Å²) in [5, 5.41) is 0. The van der Waals surface area contributed by atoms with Crippen molar-refractivity contribution >= 4 is 17.9 Å². The summed E-state index contributed by atoms with van der Waals surface area (Å²) in [6, 6.07) is 0. The Morgan fingerprint density at radius 1 is 0.304 bits per heavy atom. The van der Waals surface area contributed by atoms with Gasteiger partial charge in [0.05, 0.1) is 0 Å². The van der Waals surface area contributed by atoms with E-state index in [1.54, 1.807) is 0 Å². The minimum atomic E-state index is -0.794. The van der Waals surface area contributed by atoms with E-state index in [1.165, 1.54) is 180 Å². The minimum Gasteiger partial charge on any atom is -0.462 e. The third kappa shape index (κ3) is 55.9. The number of ether oxygens (including phenoxy) is 3. The maximum absolute atomic E-state index is 12.9. The maximum Gasteiger partial charge on any atom is 0.306 e. The Morgan fingerprint density at radius 3 is 0.884 bits per heavy atom. The molecule has 0 heterocycles. The van der Waals surface area contributed by atoms with Gasteiger partial charge in [-0.05, 0) is 57.8 Å². The van der Waals surface area contributed by atoms with Crippen molar-refractivity contribution in [3.8, 4) is 0 Å². The molecule has 69 heavy (non-hydrogen) atoms. The fourth-order valence-electron chi connectivity index (χ4n) is 8.60. The molecule has 0 aliphatic carbocycles. The molecule has 1 unspecified atom stereocenters. The first-order valence-corrected chi connectivity index (χ1v) is 29.8. The van der Waals surface area contributed by atoms with Gasteiger partial charge in [-0.3, -0.25) is 14.4 Å². The van der Waals surface area contributed by atoms with Gasteiger partial charge in [0.25, 0.3) is 0 Å². The largest absolute Gasteiger partial charge is 0.462 e. The van der Waals surface area contributed by atoms with Crippen LogP contribution in [0.15, 0.2) is 60.8 Å².